The molecule has 1 fully saturated rings. The molecule has 0 aliphatic carbocycles. The highest BCUT2D eigenvalue weighted by molar-refractivity contribution is 6.10. The van der Waals surface area contributed by atoms with Gasteiger partial charge in [0, 0.05) is 5.69 Å². The fraction of sp³-hybridized carbons (Fsp3) is 0.333. The minimum atomic E-state index is -0.147. The van der Waals surface area contributed by atoms with Crippen molar-refractivity contribution in [2.75, 3.05) is 61.5 Å². The molecule has 2 aromatic rings. The molecule has 2 aliphatic rings. The second kappa shape index (κ2) is 7.90. The first kappa shape index (κ1) is 18.3. The van der Waals surface area contributed by atoms with Gasteiger partial charge in [0.25, 0.3) is 5.91 Å². The number of piperazine rings is 1. The van der Waals surface area contributed by atoms with Crippen LogP contribution in [0.1, 0.15) is 0 Å². The minimum Gasteiger partial charge on any atom is -0.497 e. The Morgan fingerprint density at radius 3 is 2.54 bits per heavy atom. The Hall–Kier alpha value is -3.06. The van der Waals surface area contributed by atoms with E-state index in [1.807, 2.05) is 36.4 Å². The van der Waals surface area contributed by atoms with Gasteiger partial charge in [0.05, 0.1) is 44.7 Å². The number of benzene rings is 2. The van der Waals surface area contributed by atoms with Crippen LogP contribution in [0.2, 0.25) is 0 Å². The number of hydrogen-bond donors (Lipinski definition) is 2. The Morgan fingerprint density at radius 1 is 1.11 bits per heavy atom. The zero-order valence-corrected chi connectivity index (χ0v) is 16.0. The maximum absolute atomic E-state index is 12.9. The summed E-state index contributed by atoms with van der Waals surface area (Å²) < 4.78 is 5.21. The van der Waals surface area contributed by atoms with Crippen LogP contribution in [0, 0.1) is 0 Å². The molecule has 0 aromatic heterocycles. The standard InChI is InChI=1S/C21H24N4O3/c1-28-17-8-6-16(7-9-17)24-12-10-23(11-13-24)15-21(27)25-14-20(26)22-18-4-2-3-5-19(18)25/h2-9H,10-15H2,1H3,(H,22,26)/p+1. The van der Waals surface area contributed by atoms with Gasteiger partial charge in [-0.3, -0.25) is 14.5 Å². The van der Waals surface area contributed by atoms with Crippen LogP contribution in [-0.2, 0) is 9.59 Å². The van der Waals surface area contributed by atoms with Crippen molar-refractivity contribution in [2.24, 2.45) is 0 Å². The van der Waals surface area contributed by atoms with Crippen molar-refractivity contribution in [1.82, 2.24) is 0 Å². The van der Waals surface area contributed by atoms with E-state index >= 15 is 0 Å². The Labute approximate surface area is 164 Å². The molecule has 2 aromatic carbocycles. The molecule has 0 radical (unpaired) electrons. The highest BCUT2D eigenvalue weighted by Crippen LogP contribution is 2.28. The quantitative estimate of drug-likeness (QED) is 0.804. The summed E-state index contributed by atoms with van der Waals surface area (Å²) in [5, 5.41) is 2.83. The fourth-order valence-electron chi connectivity index (χ4n) is 3.82. The molecule has 2 heterocycles. The van der Waals surface area contributed by atoms with Crippen molar-refractivity contribution in [1.29, 1.82) is 0 Å². The summed E-state index contributed by atoms with van der Waals surface area (Å²) in [6.45, 7) is 4.05. The number of nitrogens with zero attached hydrogens (tertiary/aromatic N) is 2. The van der Waals surface area contributed by atoms with Crippen LogP contribution in [0.5, 0.6) is 5.75 Å². The first-order valence-corrected chi connectivity index (χ1v) is 9.56. The lowest BCUT2D eigenvalue weighted by Gasteiger charge is -2.35. The van der Waals surface area contributed by atoms with Crippen molar-refractivity contribution in [3.05, 3.63) is 48.5 Å². The average Bonchev–Trinajstić information content (AvgIpc) is 2.73. The van der Waals surface area contributed by atoms with Crippen LogP contribution in [0.15, 0.2) is 48.5 Å². The number of fused-ring (bicyclic) bond motifs is 1. The summed E-state index contributed by atoms with van der Waals surface area (Å²) in [6, 6.07) is 15.5. The van der Waals surface area contributed by atoms with Crippen LogP contribution in [0.25, 0.3) is 0 Å². The minimum absolute atomic E-state index is 0.00445. The maximum atomic E-state index is 12.9. The number of methoxy groups -OCH3 is 1. The number of carbonyl (C=O) groups excluding carboxylic acids is 2. The van der Waals surface area contributed by atoms with Gasteiger partial charge < -0.3 is 19.9 Å². The van der Waals surface area contributed by atoms with E-state index in [2.05, 4.69) is 22.3 Å². The predicted molar refractivity (Wildman–Crippen MR) is 108 cm³/mol. The number of anilines is 3. The lowest BCUT2D eigenvalue weighted by Crippen LogP contribution is -3.16. The van der Waals surface area contributed by atoms with Gasteiger partial charge in [-0.05, 0) is 36.4 Å². The molecule has 7 nitrogen and oxygen atoms in total. The van der Waals surface area contributed by atoms with E-state index in [1.54, 1.807) is 12.0 Å². The Kier molecular flexibility index (Phi) is 5.16. The molecular weight excluding hydrogens is 356 g/mol. The van der Waals surface area contributed by atoms with E-state index in [1.165, 1.54) is 10.6 Å². The zero-order valence-electron chi connectivity index (χ0n) is 16.0. The lowest BCUT2D eigenvalue weighted by molar-refractivity contribution is -0.892. The van der Waals surface area contributed by atoms with E-state index in [0.29, 0.717) is 12.2 Å². The van der Waals surface area contributed by atoms with Gasteiger partial charge in [0.2, 0.25) is 5.91 Å². The van der Waals surface area contributed by atoms with Crippen molar-refractivity contribution >= 4 is 28.9 Å². The van der Waals surface area contributed by atoms with E-state index in [-0.39, 0.29) is 18.4 Å². The van der Waals surface area contributed by atoms with Crippen LogP contribution in [0.4, 0.5) is 17.1 Å². The third kappa shape index (κ3) is 3.80. The van der Waals surface area contributed by atoms with Crippen molar-refractivity contribution in [3.8, 4) is 5.75 Å². The number of rotatable bonds is 4. The van der Waals surface area contributed by atoms with Gasteiger partial charge in [-0.2, -0.15) is 0 Å². The molecule has 0 saturated carbocycles. The fourth-order valence-corrected chi connectivity index (χ4v) is 3.82. The molecular formula is C21H25N4O3+. The first-order chi connectivity index (χ1) is 13.6. The van der Waals surface area contributed by atoms with Crippen LogP contribution in [0.3, 0.4) is 0 Å². The number of nitrogens with one attached hydrogen (secondary N) is 2. The van der Waals surface area contributed by atoms with Crippen LogP contribution < -0.4 is 24.8 Å². The van der Waals surface area contributed by atoms with E-state index in [9.17, 15) is 9.59 Å². The molecule has 0 spiro atoms. The van der Waals surface area contributed by atoms with Gasteiger partial charge in [-0.1, -0.05) is 12.1 Å². The number of para-hydroxylation sites is 2. The summed E-state index contributed by atoms with van der Waals surface area (Å²) in [4.78, 5) is 30.0. The zero-order chi connectivity index (χ0) is 19.5. The molecule has 1 saturated heterocycles. The molecule has 0 atom stereocenters. The smallest absolute Gasteiger partial charge is 0.282 e. The lowest BCUT2D eigenvalue weighted by atomic mass is 10.2. The average molecular weight is 381 g/mol. The highest BCUT2D eigenvalue weighted by atomic mass is 16.5. The van der Waals surface area contributed by atoms with E-state index in [4.69, 9.17) is 4.74 Å². The summed E-state index contributed by atoms with van der Waals surface area (Å²) in [5.41, 5.74) is 2.66. The normalized spacial score (nSPS) is 17.1. The molecule has 2 amide bonds. The molecule has 0 bridgehead atoms. The van der Waals surface area contributed by atoms with Crippen molar-refractivity contribution < 1.29 is 19.2 Å². The molecule has 0 unspecified atom stereocenters. The number of quaternary nitrogens is 1. The molecule has 4 rings (SSSR count). The molecule has 2 N–H and O–H groups in total. The van der Waals surface area contributed by atoms with Gasteiger partial charge in [-0.25, -0.2) is 0 Å². The number of carbonyl (C=O) groups is 2. The number of hydrogen-bond acceptors (Lipinski definition) is 4. The topological polar surface area (TPSA) is 66.3 Å². The summed E-state index contributed by atoms with van der Waals surface area (Å²) in [5.74, 6) is 0.700. The Morgan fingerprint density at radius 2 is 1.82 bits per heavy atom. The molecule has 7 heteroatoms. The molecule has 146 valence electrons. The van der Waals surface area contributed by atoms with Gasteiger partial charge >= 0.3 is 0 Å². The molecule has 28 heavy (non-hydrogen) atoms. The maximum Gasteiger partial charge on any atom is 0.282 e. The SMILES string of the molecule is COc1ccc(N2CC[NH+](CC(=O)N3CC(=O)Nc4ccccc43)CC2)cc1. The number of ether oxygens (including phenoxy) is 1. The summed E-state index contributed by atoms with van der Waals surface area (Å²) in [7, 11) is 1.67. The van der Waals surface area contributed by atoms with E-state index in [0.717, 1.165) is 37.6 Å². The third-order valence-corrected chi connectivity index (χ3v) is 5.38. The van der Waals surface area contributed by atoms with Gasteiger partial charge in [-0.15, -0.1) is 0 Å². The van der Waals surface area contributed by atoms with Crippen molar-refractivity contribution in [2.45, 2.75) is 0 Å². The Bertz CT molecular complexity index is 860. The molecule has 2 aliphatic heterocycles. The first-order valence-electron chi connectivity index (χ1n) is 9.56. The second-order valence-corrected chi connectivity index (χ2v) is 7.16. The second-order valence-electron chi connectivity index (χ2n) is 7.16. The summed E-state index contributed by atoms with van der Waals surface area (Å²) >= 11 is 0. The van der Waals surface area contributed by atoms with Crippen LogP contribution >= 0.6 is 0 Å². The highest BCUT2D eigenvalue weighted by Gasteiger charge is 2.30. The summed E-state index contributed by atoms with van der Waals surface area (Å²) in [6.07, 6.45) is 0. The Balaban J connectivity index is 1.36. The predicted octanol–water partition coefficient (Wildman–Crippen LogP) is 0.385. The monoisotopic (exact) mass is 381 g/mol. The largest absolute Gasteiger partial charge is 0.497 e. The third-order valence-electron chi connectivity index (χ3n) is 5.38. The van der Waals surface area contributed by atoms with Crippen LogP contribution in [-0.4, -0.2) is 58.2 Å². The van der Waals surface area contributed by atoms with Gasteiger partial charge in [0.15, 0.2) is 6.54 Å². The van der Waals surface area contributed by atoms with E-state index < -0.39 is 0 Å². The number of amides is 2. The van der Waals surface area contributed by atoms with Crippen molar-refractivity contribution in [3.63, 3.8) is 0 Å². The van der Waals surface area contributed by atoms with Gasteiger partial charge in [0.1, 0.15) is 12.3 Å².